The van der Waals surface area contributed by atoms with E-state index in [2.05, 4.69) is 9.97 Å². The normalized spacial score (nSPS) is 12.3. The molecule has 16 heavy (non-hydrogen) atoms. The van der Waals surface area contributed by atoms with E-state index in [-0.39, 0.29) is 12.1 Å². The number of nitrogens with zero attached hydrogens (tertiary/aromatic N) is 2. The highest BCUT2D eigenvalue weighted by Gasteiger charge is 2.19. The maximum Gasteiger partial charge on any atom is 0.303 e. The molecule has 0 spiro atoms. The zero-order valence-corrected chi connectivity index (χ0v) is 10.3. The van der Waals surface area contributed by atoms with Crippen molar-refractivity contribution in [3.63, 3.8) is 0 Å². The van der Waals surface area contributed by atoms with Crippen LogP contribution in [-0.4, -0.2) is 15.9 Å². The van der Waals surface area contributed by atoms with Gasteiger partial charge in [0.2, 0.25) is 0 Å². The highest BCUT2D eigenvalue weighted by Crippen LogP contribution is 2.25. The molecule has 0 bridgehead atoms. The van der Waals surface area contributed by atoms with Gasteiger partial charge in [-0.25, -0.2) is 9.97 Å². The zero-order valence-electron chi connectivity index (χ0n) is 8.62. The molecule has 0 aliphatic rings. The second-order valence-electron chi connectivity index (χ2n) is 3.10. The Bertz CT molecular complexity index is 439. The molecule has 0 N–H and O–H groups in total. The molecule has 0 aliphatic heterocycles. The van der Waals surface area contributed by atoms with Gasteiger partial charge >= 0.3 is 5.97 Å². The summed E-state index contributed by atoms with van der Waals surface area (Å²) in [4.78, 5) is 19.4. The molecule has 2 aromatic rings. The molecule has 1 atom stereocenters. The Hall–Kier alpha value is -1.27. The van der Waals surface area contributed by atoms with Gasteiger partial charge in [0.05, 0.1) is 5.01 Å². The summed E-state index contributed by atoms with van der Waals surface area (Å²) in [5.74, 6) is -0.295. The fraction of sp³-hybridized carbons (Fsp3) is 0.300. The van der Waals surface area contributed by atoms with Crippen molar-refractivity contribution in [1.29, 1.82) is 0 Å². The van der Waals surface area contributed by atoms with Crippen molar-refractivity contribution in [3.8, 4) is 0 Å². The number of ether oxygens (including phenoxy) is 1. The van der Waals surface area contributed by atoms with Crippen LogP contribution in [-0.2, 0) is 16.0 Å². The lowest BCUT2D eigenvalue weighted by Gasteiger charge is -2.12. The van der Waals surface area contributed by atoms with E-state index in [0.29, 0.717) is 6.42 Å². The van der Waals surface area contributed by atoms with Crippen molar-refractivity contribution in [3.05, 3.63) is 33.2 Å². The summed E-state index contributed by atoms with van der Waals surface area (Å²) in [5.41, 5.74) is 0. The number of esters is 1. The van der Waals surface area contributed by atoms with Crippen molar-refractivity contribution in [2.45, 2.75) is 19.4 Å². The summed E-state index contributed by atoms with van der Waals surface area (Å²) < 4.78 is 5.24. The first-order valence-electron chi connectivity index (χ1n) is 4.70. The van der Waals surface area contributed by atoms with E-state index >= 15 is 0 Å². The Morgan fingerprint density at radius 2 is 2.12 bits per heavy atom. The van der Waals surface area contributed by atoms with E-state index in [1.807, 2.05) is 10.8 Å². The molecular weight excluding hydrogens is 244 g/mol. The Kier molecular flexibility index (Phi) is 3.63. The molecule has 0 fully saturated rings. The minimum Gasteiger partial charge on any atom is -0.455 e. The van der Waals surface area contributed by atoms with Crippen LogP contribution < -0.4 is 0 Å². The number of rotatable bonds is 4. The lowest BCUT2D eigenvalue weighted by Crippen LogP contribution is -2.11. The maximum atomic E-state index is 11.0. The molecule has 0 aromatic carbocycles. The SMILES string of the molecule is CC(=O)OC(Cc1nccs1)c1nccs1. The molecule has 1 unspecified atom stereocenters. The Labute approximate surface area is 101 Å². The summed E-state index contributed by atoms with van der Waals surface area (Å²) in [7, 11) is 0. The number of carbonyl (C=O) groups is 1. The van der Waals surface area contributed by atoms with Gasteiger partial charge in [-0.15, -0.1) is 22.7 Å². The van der Waals surface area contributed by atoms with E-state index < -0.39 is 0 Å². The summed E-state index contributed by atoms with van der Waals surface area (Å²) in [5, 5.41) is 5.53. The molecular formula is C10H10N2O2S2. The van der Waals surface area contributed by atoms with Gasteiger partial charge in [0, 0.05) is 36.5 Å². The van der Waals surface area contributed by atoms with Crippen molar-refractivity contribution in [1.82, 2.24) is 9.97 Å². The molecule has 2 rings (SSSR count). The summed E-state index contributed by atoms with van der Waals surface area (Å²) >= 11 is 3.03. The third kappa shape index (κ3) is 2.86. The second-order valence-corrected chi connectivity index (χ2v) is 5.00. The van der Waals surface area contributed by atoms with E-state index in [9.17, 15) is 4.79 Å². The van der Waals surface area contributed by atoms with Crippen LogP contribution in [0.15, 0.2) is 23.2 Å². The quantitative estimate of drug-likeness (QED) is 0.786. The molecule has 2 aromatic heterocycles. The predicted molar refractivity (Wildman–Crippen MR) is 62.4 cm³/mol. The minimum absolute atomic E-state index is 0.295. The van der Waals surface area contributed by atoms with Crippen molar-refractivity contribution in [2.24, 2.45) is 0 Å². The molecule has 0 saturated carbocycles. The third-order valence-electron chi connectivity index (χ3n) is 1.88. The maximum absolute atomic E-state index is 11.0. The Morgan fingerprint density at radius 3 is 2.69 bits per heavy atom. The van der Waals surface area contributed by atoms with Gasteiger partial charge in [-0.1, -0.05) is 0 Å². The van der Waals surface area contributed by atoms with E-state index in [1.165, 1.54) is 18.3 Å². The average Bonchev–Trinajstić information content (AvgIpc) is 2.88. The number of aromatic nitrogens is 2. The van der Waals surface area contributed by atoms with Crippen LogP contribution in [0.1, 0.15) is 23.0 Å². The Balaban J connectivity index is 2.12. The number of hydrogen-bond donors (Lipinski definition) is 0. The van der Waals surface area contributed by atoms with Gasteiger partial charge in [-0.2, -0.15) is 0 Å². The van der Waals surface area contributed by atoms with E-state index in [4.69, 9.17) is 4.74 Å². The number of carbonyl (C=O) groups excluding carboxylic acids is 1. The summed E-state index contributed by atoms with van der Waals surface area (Å²) in [6, 6.07) is 0. The third-order valence-corrected chi connectivity index (χ3v) is 3.55. The van der Waals surface area contributed by atoms with Crippen molar-refractivity contribution < 1.29 is 9.53 Å². The topological polar surface area (TPSA) is 52.1 Å². The van der Waals surface area contributed by atoms with Crippen LogP contribution in [0.25, 0.3) is 0 Å². The first-order chi connectivity index (χ1) is 7.75. The van der Waals surface area contributed by atoms with Crippen LogP contribution in [0, 0.1) is 0 Å². The van der Waals surface area contributed by atoms with Crippen LogP contribution >= 0.6 is 22.7 Å². The standard InChI is InChI=1S/C10H10N2O2S2/c1-7(13)14-8(10-12-3-5-16-10)6-9-11-2-4-15-9/h2-5,8H,6H2,1H3. The van der Waals surface area contributed by atoms with E-state index in [0.717, 1.165) is 10.0 Å². The summed E-state index contributed by atoms with van der Waals surface area (Å²) in [6.45, 7) is 1.41. The van der Waals surface area contributed by atoms with Gasteiger partial charge in [0.1, 0.15) is 5.01 Å². The van der Waals surface area contributed by atoms with Gasteiger partial charge in [-0.05, 0) is 0 Å². The number of thiazole rings is 2. The molecule has 2 heterocycles. The highest BCUT2D eigenvalue weighted by molar-refractivity contribution is 7.10. The van der Waals surface area contributed by atoms with Crippen LogP contribution in [0.4, 0.5) is 0 Å². The lowest BCUT2D eigenvalue weighted by atomic mass is 10.3. The minimum atomic E-state index is -0.316. The molecule has 0 radical (unpaired) electrons. The van der Waals surface area contributed by atoms with Crippen LogP contribution in [0.2, 0.25) is 0 Å². The first kappa shape index (κ1) is 11.2. The predicted octanol–water partition coefficient (Wildman–Crippen LogP) is 2.45. The molecule has 4 nitrogen and oxygen atoms in total. The van der Waals surface area contributed by atoms with Gasteiger partial charge in [0.25, 0.3) is 0 Å². The molecule has 0 amide bonds. The molecule has 6 heteroatoms. The molecule has 84 valence electrons. The van der Waals surface area contributed by atoms with E-state index in [1.54, 1.807) is 23.7 Å². The molecule has 0 aliphatic carbocycles. The van der Waals surface area contributed by atoms with Gasteiger partial charge in [-0.3, -0.25) is 4.79 Å². The average molecular weight is 254 g/mol. The monoisotopic (exact) mass is 254 g/mol. The fourth-order valence-electron chi connectivity index (χ4n) is 1.29. The lowest BCUT2D eigenvalue weighted by molar-refractivity contribution is -0.146. The smallest absolute Gasteiger partial charge is 0.303 e. The van der Waals surface area contributed by atoms with Gasteiger partial charge in [0.15, 0.2) is 6.10 Å². The Morgan fingerprint density at radius 1 is 1.38 bits per heavy atom. The van der Waals surface area contributed by atoms with Crippen LogP contribution in [0.3, 0.4) is 0 Å². The first-order valence-corrected chi connectivity index (χ1v) is 6.46. The highest BCUT2D eigenvalue weighted by atomic mass is 32.1. The van der Waals surface area contributed by atoms with Crippen molar-refractivity contribution in [2.75, 3.05) is 0 Å². The number of hydrogen-bond acceptors (Lipinski definition) is 6. The second kappa shape index (κ2) is 5.18. The van der Waals surface area contributed by atoms with Crippen LogP contribution in [0.5, 0.6) is 0 Å². The van der Waals surface area contributed by atoms with Gasteiger partial charge < -0.3 is 4.74 Å². The largest absolute Gasteiger partial charge is 0.455 e. The zero-order chi connectivity index (χ0) is 11.4. The summed E-state index contributed by atoms with van der Waals surface area (Å²) in [6.07, 6.45) is 3.72. The van der Waals surface area contributed by atoms with Crippen molar-refractivity contribution >= 4 is 28.6 Å². The molecule has 0 saturated heterocycles. The fourth-order valence-corrected chi connectivity index (χ4v) is 2.60.